The summed E-state index contributed by atoms with van der Waals surface area (Å²) in [5.74, 6) is -0.278. The number of anilines is 1. The minimum absolute atomic E-state index is 0.0449. The molecule has 9 heteroatoms. The van der Waals surface area contributed by atoms with Gasteiger partial charge in [0.05, 0.1) is 22.2 Å². The average molecular weight is 337 g/mol. The van der Waals surface area contributed by atoms with E-state index in [2.05, 4.69) is 5.10 Å². The molecule has 0 aliphatic carbocycles. The van der Waals surface area contributed by atoms with E-state index < -0.39 is 15.0 Å². The van der Waals surface area contributed by atoms with Crippen LogP contribution in [-0.4, -0.2) is 24.6 Å². The van der Waals surface area contributed by atoms with E-state index >= 15 is 0 Å². The molecule has 0 atom stereocenters. The van der Waals surface area contributed by atoms with Gasteiger partial charge in [0.25, 0.3) is 16.0 Å². The Bertz CT molecular complexity index is 715. The number of hydrazone groups is 1. The molecule has 0 bridgehead atoms. The van der Waals surface area contributed by atoms with Crippen molar-refractivity contribution in [2.45, 2.75) is 24.7 Å². The lowest BCUT2D eigenvalue weighted by Crippen LogP contribution is -2.20. The van der Waals surface area contributed by atoms with Gasteiger partial charge in [0, 0.05) is 5.71 Å². The van der Waals surface area contributed by atoms with Gasteiger partial charge in [-0.25, -0.2) is 0 Å². The van der Waals surface area contributed by atoms with Crippen LogP contribution in [0.1, 0.15) is 19.8 Å². The van der Waals surface area contributed by atoms with Crippen LogP contribution in [0.15, 0.2) is 22.1 Å². The van der Waals surface area contributed by atoms with Crippen LogP contribution in [0.5, 0.6) is 0 Å². The molecule has 0 unspecified atom stereocenters. The second-order valence-corrected chi connectivity index (χ2v) is 6.32. The minimum Gasteiger partial charge on any atom is -0.282 e. The topological polar surface area (TPSA) is 87.0 Å². The van der Waals surface area contributed by atoms with Crippen LogP contribution in [0, 0.1) is 0 Å². The number of carbonyl (C=O) groups excluding carboxylic acids is 1. The first-order valence-corrected chi connectivity index (χ1v) is 7.79. The van der Waals surface area contributed by atoms with E-state index in [9.17, 15) is 13.2 Å². The standard InChI is InChI=1S/C11H10Cl2N2O4S/c1-2-6-3-11(16)15(14-6)9-4-8(13)10(5-7(9)12)20(17,18)19/h4-5H,2-3H2,1H3,(H,17,18,19). The first kappa shape index (κ1) is 15.2. The molecular formula is C11H10Cl2N2O4S. The van der Waals surface area contributed by atoms with Crippen LogP contribution in [0.2, 0.25) is 10.0 Å². The minimum atomic E-state index is -4.48. The van der Waals surface area contributed by atoms with Crippen LogP contribution in [0.3, 0.4) is 0 Å². The van der Waals surface area contributed by atoms with Gasteiger partial charge in [-0.1, -0.05) is 30.1 Å². The molecule has 0 saturated carbocycles. The monoisotopic (exact) mass is 336 g/mol. The number of carbonyl (C=O) groups is 1. The highest BCUT2D eigenvalue weighted by molar-refractivity contribution is 7.86. The maximum Gasteiger partial charge on any atom is 0.296 e. The Labute approximate surface area is 125 Å². The van der Waals surface area contributed by atoms with Crippen molar-refractivity contribution in [2.24, 2.45) is 5.10 Å². The largest absolute Gasteiger partial charge is 0.296 e. The highest BCUT2D eigenvalue weighted by atomic mass is 35.5. The molecule has 0 saturated heterocycles. The summed E-state index contributed by atoms with van der Waals surface area (Å²) in [4.78, 5) is 11.3. The van der Waals surface area contributed by atoms with Gasteiger partial charge in [0.1, 0.15) is 4.90 Å². The number of halogens is 2. The summed E-state index contributed by atoms with van der Waals surface area (Å²) in [5, 5.41) is 4.90. The van der Waals surface area contributed by atoms with Gasteiger partial charge in [-0.05, 0) is 18.6 Å². The molecule has 1 aromatic rings. The Morgan fingerprint density at radius 3 is 2.50 bits per heavy atom. The lowest BCUT2D eigenvalue weighted by Gasteiger charge is -2.15. The lowest BCUT2D eigenvalue weighted by molar-refractivity contribution is -0.116. The molecule has 0 spiro atoms. The Kier molecular flexibility index (Phi) is 4.06. The predicted molar refractivity (Wildman–Crippen MR) is 76.1 cm³/mol. The van der Waals surface area contributed by atoms with E-state index in [0.717, 1.165) is 11.1 Å². The fourth-order valence-corrected chi connectivity index (χ4v) is 3.07. The normalized spacial score (nSPS) is 15.7. The number of benzene rings is 1. The Morgan fingerprint density at radius 2 is 2.00 bits per heavy atom. The molecule has 1 N–H and O–H groups in total. The van der Waals surface area contributed by atoms with Crippen molar-refractivity contribution < 1.29 is 17.8 Å². The van der Waals surface area contributed by atoms with Crippen LogP contribution in [-0.2, 0) is 14.9 Å². The zero-order valence-electron chi connectivity index (χ0n) is 10.3. The third kappa shape index (κ3) is 2.80. The number of hydrogen-bond donors (Lipinski definition) is 1. The van der Waals surface area contributed by atoms with Crippen LogP contribution < -0.4 is 5.01 Å². The summed E-state index contributed by atoms with van der Waals surface area (Å²) in [6, 6.07) is 2.17. The van der Waals surface area contributed by atoms with E-state index in [-0.39, 0.29) is 28.1 Å². The summed E-state index contributed by atoms with van der Waals surface area (Å²) >= 11 is 11.7. The molecule has 1 aliphatic heterocycles. The third-order valence-corrected chi connectivity index (χ3v) is 4.37. The highest BCUT2D eigenvalue weighted by Gasteiger charge is 2.28. The van der Waals surface area contributed by atoms with Crippen molar-refractivity contribution >= 4 is 50.6 Å². The summed E-state index contributed by atoms with van der Waals surface area (Å²) in [7, 11) is -4.48. The number of rotatable bonds is 3. The van der Waals surface area contributed by atoms with E-state index in [1.54, 1.807) is 0 Å². The molecule has 1 heterocycles. The molecule has 6 nitrogen and oxygen atoms in total. The summed E-state index contributed by atoms with van der Waals surface area (Å²) < 4.78 is 31.2. The fourth-order valence-electron chi connectivity index (χ4n) is 1.74. The van der Waals surface area contributed by atoms with Crippen molar-refractivity contribution in [3.63, 3.8) is 0 Å². The molecule has 0 radical (unpaired) electrons. The average Bonchev–Trinajstić information content (AvgIpc) is 2.71. The Morgan fingerprint density at radius 1 is 1.35 bits per heavy atom. The number of hydrogen-bond acceptors (Lipinski definition) is 4. The summed E-state index contributed by atoms with van der Waals surface area (Å²) in [6.07, 6.45) is 0.807. The first-order chi connectivity index (χ1) is 9.24. The van der Waals surface area contributed by atoms with Gasteiger partial charge >= 0.3 is 0 Å². The third-order valence-electron chi connectivity index (χ3n) is 2.75. The van der Waals surface area contributed by atoms with Gasteiger partial charge in [-0.3, -0.25) is 9.35 Å². The van der Waals surface area contributed by atoms with Gasteiger partial charge < -0.3 is 0 Å². The molecular weight excluding hydrogens is 327 g/mol. The van der Waals surface area contributed by atoms with E-state index in [0.29, 0.717) is 12.1 Å². The predicted octanol–water partition coefficient (Wildman–Crippen LogP) is 2.74. The van der Waals surface area contributed by atoms with Gasteiger partial charge in [-0.2, -0.15) is 18.5 Å². The van der Waals surface area contributed by atoms with Crippen LogP contribution in [0.4, 0.5) is 5.69 Å². The molecule has 0 fully saturated rings. The Hall–Kier alpha value is -1.15. The fraction of sp³-hybridized carbons (Fsp3) is 0.273. The highest BCUT2D eigenvalue weighted by Crippen LogP contribution is 2.35. The van der Waals surface area contributed by atoms with E-state index in [4.69, 9.17) is 27.8 Å². The lowest BCUT2D eigenvalue weighted by atomic mass is 10.2. The quantitative estimate of drug-likeness (QED) is 0.859. The van der Waals surface area contributed by atoms with Crippen molar-refractivity contribution in [2.75, 3.05) is 5.01 Å². The van der Waals surface area contributed by atoms with Crippen molar-refractivity contribution in [3.05, 3.63) is 22.2 Å². The molecule has 1 amide bonds. The maximum atomic E-state index is 11.8. The second kappa shape index (κ2) is 5.33. The number of nitrogens with zero attached hydrogens (tertiary/aromatic N) is 2. The van der Waals surface area contributed by atoms with E-state index in [1.807, 2.05) is 6.92 Å². The van der Waals surface area contributed by atoms with Crippen LogP contribution in [0.25, 0.3) is 0 Å². The maximum absolute atomic E-state index is 11.8. The summed E-state index contributed by atoms with van der Waals surface area (Å²) in [5.41, 5.74) is 0.874. The SMILES string of the molecule is CCC1=NN(c2cc(Cl)c(S(=O)(=O)O)cc2Cl)C(=O)C1. The molecule has 0 aromatic heterocycles. The van der Waals surface area contributed by atoms with E-state index in [1.165, 1.54) is 6.07 Å². The number of amides is 1. The molecule has 20 heavy (non-hydrogen) atoms. The smallest absolute Gasteiger partial charge is 0.282 e. The van der Waals surface area contributed by atoms with Gasteiger partial charge in [-0.15, -0.1) is 0 Å². The zero-order valence-corrected chi connectivity index (χ0v) is 12.6. The van der Waals surface area contributed by atoms with Crippen molar-refractivity contribution in [1.82, 2.24) is 0 Å². The molecule has 1 aliphatic rings. The Balaban J connectivity index is 2.53. The summed E-state index contributed by atoms with van der Waals surface area (Å²) in [6.45, 7) is 1.87. The van der Waals surface area contributed by atoms with Crippen LogP contribution >= 0.6 is 23.2 Å². The molecule has 108 valence electrons. The second-order valence-electron chi connectivity index (χ2n) is 4.11. The molecule has 2 rings (SSSR count). The van der Waals surface area contributed by atoms with Gasteiger partial charge in [0.15, 0.2) is 0 Å². The van der Waals surface area contributed by atoms with Crippen molar-refractivity contribution in [1.29, 1.82) is 0 Å². The zero-order chi connectivity index (χ0) is 15.1. The first-order valence-electron chi connectivity index (χ1n) is 5.60. The van der Waals surface area contributed by atoms with Gasteiger partial charge in [0.2, 0.25) is 0 Å². The molecule has 1 aromatic carbocycles. The van der Waals surface area contributed by atoms with Crippen molar-refractivity contribution in [3.8, 4) is 0 Å².